The third-order valence-corrected chi connectivity index (χ3v) is 7.75. The Balaban J connectivity index is 1.57. The fraction of sp³-hybridized carbons (Fsp3) is 0.333. The van der Waals surface area contributed by atoms with Gasteiger partial charge in [-0.1, -0.05) is 29.8 Å². The number of ether oxygens (including phenoxy) is 1. The predicted molar refractivity (Wildman–Crippen MR) is 126 cm³/mol. The molecule has 1 aliphatic rings. The van der Waals surface area contributed by atoms with Crippen molar-refractivity contribution >= 4 is 21.6 Å². The fourth-order valence-electron chi connectivity index (χ4n) is 3.94. The van der Waals surface area contributed by atoms with Gasteiger partial charge < -0.3 is 10.1 Å². The Morgan fingerprint density at radius 3 is 2.44 bits per heavy atom. The number of rotatable bonds is 6. The van der Waals surface area contributed by atoms with E-state index in [0.29, 0.717) is 23.5 Å². The molecule has 4 rings (SSSR count). The van der Waals surface area contributed by atoms with Gasteiger partial charge in [-0.25, -0.2) is 12.8 Å². The minimum absolute atomic E-state index is 0.150. The van der Waals surface area contributed by atoms with Crippen molar-refractivity contribution in [1.82, 2.24) is 14.1 Å². The van der Waals surface area contributed by atoms with E-state index < -0.39 is 26.6 Å². The lowest BCUT2D eigenvalue weighted by Crippen LogP contribution is -2.40. The van der Waals surface area contributed by atoms with Crippen LogP contribution in [0.1, 0.15) is 32.9 Å². The van der Waals surface area contributed by atoms with Crippen LogP contribution in [0.5, 0.6) is 0 Å². The van der Waals surface area contributed by atoms with E-state index in [0.717, 1.165) is 23.3 Å². The lowest BCUT2D eigenvalue weighted by molar-refractivity contribution is 0.0729. The number of carbonyl (C=O) groups excluding carboxylic acids is 1. The number of anilines is 1. The Kier molecular flexibility index (Phi) is 6.83. The molecule has 2 aromatic carbocycles. The second-order valence-corrected chi connectivity index (χ2v) is 10.2. The monoisotopic (exact) mass is 486 g/mol. The van der Waals surface area contributed by atoms with Gasteiger partial charge in [0.05, 0.1) is 31.0 Å². The van der Waals surface area contributed by atoms with E-state index in [4.69, 9.17) is 4.74 Å². The molecule has 0 atom stereocenters. The maximum atomic E-state index is 14.5. The summed E-state index contributed by atoms with van der Waals surface area (Å²) >= 11 is 0. The highest BCUT2D eigenvalue weighted by Crippen LogP contribution is 2.25. The Morgan fingerprint density at radius 1 is 1.09 bits per heavy atom. The van der Waals surface area contributed by atoms with Gasteiger partial charge in [-0.3, -0.25) is 9.48 Å². The van der Waals surface area contributed by atoms with Gasteiger partial charge in [0.2, 0.25) is 10.0 Å². The number of hydrogen-bond donors (Lipinski definition) is 1. The molecular weight excluding hydrogens is 459 g/mol. The summed E-state index contributed by atoms with van der Waals surface area (Å²) < 4.78 is 48.5. The topological polar surface area (TPSA) is 93.5 Å². The van der Waals surface area contributed by atoms with E-state index in [-0.39, 0.29) is 32.0 Å². The van der Waals surface area contributed by atoms with Crippen LogP contribution < -0.4 is 5.32 Å². The Labute approximate surface area is 198 Å². The Bertz CT molecular complexity index is 1310. The number of halogens is 1. The van der Waals surface area contributed by atoms with E-state index in [1.165, 1.54) is 10.4 Å². The zero-order valence-corrected chi connectivity index (χ0v) is 20.2. The fourth-order valence-corrected chi connectivity index (χ4v) is 5.44. The number of nitrogens with one attached hydrogen (secondary N) is 1. The summed E-state index contributed by atoms with van der Waals surface area (Å²) in [5.41, 5.74) is 4.02. The average molecular weight is 487 g/mol. The SMILES string of the molecule is Cc1ccc(Cn2nc(C)c(C(=O)Nc3ccc(F)c(S(=O)(=O)N4CCOCC4)c3)c2C)cc1. The van der Waals surface area contributed by atoms with Gasteiger partial charge in [-0.05, 0) is 44.5 Å². The van der Waals surface area contributed by atoms with Crippen molar-refractivity contribution in [2.45, 2.75) is 32.2 Å². The summed E-state index contributed by atoms with van der Waals surface area (Å²) in [6.45, 7) is 6.88. The molecule has 1 aromatic heterocycles. The van der Waals surface area contributed by atoms with Crippen LogP contribution >= 0.6 is 0 Å². The van der Waals surface area contributed by atoms with Crippen molar-refractivity contribution in [3.8, 4) is 0 Å². The molecule has 0 radical (unpaired) electrons. The molecule has 0 aliphatic carbocycles. The Hall–Kier alpha value is -3.08. The van der Waals surface area contributed by atoms with Gasteiger partial charge in [0, 0.05) is 24.5 Å². The number of benzene rings is 2. The first-order valence-corrected chi connectivity index (χ1v) is 12.4. The lowest BCUT2D eigenvalue weighted by Gasteiger charge is -2.26. The first-order valence-electron chi connectivity index (χ1n) is 10.9. The molecule has 2 heterocycles. The van der Waals surface area contributed by atoms with Gasteiger partial charge in [0.15, 0.2) is 0 Å². The lowest BCUT2D eigenvalue weighted by atomic mass is 10.1. The van der Waals surface area contributed by atoms with Crippen LogP contribution in [0.4, 0.5) is 10.1 Å². The van der Waals surface area contributed by atoms with Crippen LogP contribution in [0.25, 0.3) is 0 Å². The van der Waals surface area contributed by atoms with Crippen LogP contribution in [-0.2, 0) is 21.3 Å². The van der Waals surface area contributed by atoms with Crippen molar-refractivity contribution in [2.24, 2.45) is 0 Å². The smallest absolute Gasteiger partial charge is 0.259 e. The summed E-state index contributed by atoms with van der Waals surface area (Å²) in [5.74, 6) is -1.31. The van der Waals surface area contributed by atoms with E-state index in [9.17, 15) is 17.6 Å². The van der Waals surface area contributed by atoms with Crippen LogP contribution in [0, 0.1) is 26.6 Å². The van der Waals surface area contributed by atoms with Crippen LogP contribution in [0.3, 0.4) is 0 Å². The zero-order valence-electron chi connectivity index (χ0n) is 19.3. The molecule has 0 bridgehead atoms. The van der Waals surface area contributed by atoms with Gasteiger partial charge in [-0.2, -0.15) is 9.40 Å². The molecule has 1 N–H and O–H groups in total. The minimum Gasteiger partial charge on any atom is -0.379 e. The number of hydrogen-bond acceptors (Lipinski definition) is 5. The number of amides is 1. The first kappa shape index (κ1) is 24.1. The van der Waals surface area contributed by atoms with E-state index in [2.05, 4.69) is 10.4 Å². The average Bonchev–Trinajstić information content (AvgIpc) is 3.09. The molecule has 0 unspecified atom stereocenters. The van der Waals surface area contributed by atoms with Crippen LogP contribution in [0.15, 0.2) is 47.4 Å². The highest BCUT2D eigenvalue weighted by atomic mass is 32.2. The van der Waals surface area contributed by atoms with Crippen molar-refractivity contribution in [3.05, 3.63) is 76.4 Å². The van der Waals surface area contributed by atoms with E-state index >= 15 is 0 Å². The molecule has 3 aromatic rings. The summed E-state index contributed by atoms with van der Waals surface area (Å²) in [6.07, 6.45) is 0. The van der Waals surface area contributed by atoms with Crippen LogP contribution in [-0.4, -0.2) is 54.7 Å². The van der Waals surface area contributed by atoms with E-state index in [1.54, 1.807) is 11.6 Å². The molecule has 34 heavy (non-hydrogen) atoms. The normalized spacial score (nSPS) is 14.8. The molecule has 1 fully saturated rings. The summed E-state index contributed by atoms with van der Waals surface area (Å²) in [4.78, 5) is 12.6. The molecular formula is C24H27FN4O4S. The molecule has 0 saturated carbocycles. The highest BCUT2D eigenvalue weighted by molar-refractivity contribution is 7.89. The summed E-state index contributed by atoms with van der Waals surface area (Å²) in [5, 5.41) is 7.20. The standard InChI is InChI=1S/C24H27FN4O4S/c1-16-4-6-19(7-5-16)15-29-18(3)23(17(2)27-29)24(30)26-20-8-9-21(25)22(14-20)34(31,32)28-10-12-33-13-11-28/h4-9,14H,10-13,15H2,1-3H3,(H,26,30). The molecule has 1 aliphatic heterocycles. The van der Waals surface area contributed by atoms with Crippen LogP contribution in [0.2, 0.25) is 0 Å². The van der Waals surface area contributed by atoms with Gasteiger partial charge in [0.25, 0.3) is 5.91 Å². The quantitative estimate of drug-likeness (QED) is 0.577. The molecule has 8 nitrogen and oxygen atoms in total. The van der Waals surface area contributed by atoms with Crippen molar-refractivity contribution in [3.63, 3.8) is 0 Å². The number of aryl methyl sites for hydroxylation is 2. The number of nitrogens with zero attached hydrogens (tertiary/aromatic N) is 3. The number of carbonyl (C=O) groups is 1. The number of sulfonamides is 1. The summed E-state index contributed by atoms with van der Waals surface area (Å²) in [6, 6.07) is 11.6. The molecule has 1 saturated heterocycles. The Morgan fingerprint density at radius 2 is 1.76 bits per heavy atom. The van der Waals surface area contributed by atoms with Crippen molar-refractivity contribution < 1.29 is 22.3 Å². The van der Waals surface area contributed by atoms with Gasteiger partial charge in [-0.15, -0.1) is 0 Å². The van der Waals surface area contributed by atoms with Crippen molar-refractivity contribution in [1.29, 1.82) is 0 Å². The largest absolute Gasteiger partial charge is 0.379 e. The third kappa shape index (κ3) is 4.89. The highest BCUT2D eigenvalue weighted by Gasteiger charge is 2.29. The second-order valence-electron chi connectivity index (χ2n) is 8.30. The van der Waals surface area contributed by atoms with Gasteiger partial charge in [0.1, 0.15) is 10.7 Å². The maximum Gasteiger partial charge on any atom is 0.259 e. The molecule has 10 heteroatoms. The first-order chi connectivity index (χ1) is 16.2. The maximum absolute atomic E-state index is 14.5. The molecule has 0 spiro atoms. The van der Waals surface area contributed by atoms with Crippen molar-refractivity contribution in [2.75, 3.05) is 31.6 Å². The minimum atomic E-state index is -4.05. The van der Waals surface area contributed by atoms with E-state index in [1.807, 2.05) is 38.1 Å². The number of aromatic nitrogens is 2. The molecule has 180 valence electrons. The molecule has 1 amide bonds. The van der Waals surface area contributed by atoms with Gasteiger partial charge >= 0.3 is 0 Å². The second kappa shape index (κ2) is 9.65. The summed E-state index contributed by atoms with van der Waals surface area (Å²) in [7, 11) is -4.05. The zero-order chi connectivity index (χ0) is 24.5. The predicted octanol–water partition coefficient (Wildman–Crippen LogP) is 3.27. The number of morpholine rings is 1. The third-order valence-electron chi connectivity index (χ3n) is 5.84.